The number of nitrogens with one attached hydrogen (secondary N) is 1. The highest BCUT2D eigenvalue weighted by Gasteiger charge is 2.22. The number of hydrogen-bond donors (Lipinski definition) is 2. The molecule has 0 spiro atoms. The quantitative estimate of drug-likeness (QED) is 0.594. The van der Waals surface area contributed by atoms with Gasteiger partial charge in [-0.2, -0.15) is 0 Å². The number of nitrogens with two attached hydrogens (primary N) is 1. The fourth-order valence-electron chi connectivity index (χ4n) is 2.71. The lowest BCUT2D eigenvalue weighted by Crippen LogP contribution is -2.37. The van der Waals surface area contributed by atoms with E-state index in [-0.39, 0.29) is 10.9 Å². The van der Waals surface area contributed by atoms with Gasteiger partial charge in [0.15, 0.2) is 0 Å². The van der Waals surface area contributed by atoms with E-state index in [4.69, 9.17) is 18.0 Å². The van der Waals surface area contributed by atoms with E-state index in [0.717, 1.165) is 18.5 Å². The molecule has 1 heterocycles. The third kappa shape index (κ3) is 4.79. The first-order chi connectivity index (χ1) is 10.2. The van der Waals surface area contributed by atoms with Gasteiger partial charge in [-0.1, -0.05) is 42.5 Å². The number of likely N-dealkylation sites (tertiary alicyclic amines) is 1. The van der Waals surface area contributed by atoms with Crippen molar-refractivity contribution in [3.8, 4) is 0 Å². The van der Waals surface area contributed by atoms with E-state index in [1.807, 2.05) is 30.3 Å². The molecule has 0 aliphatic carbocycles. The molecule has 1 aromatic carbocycles. The van der Waals surface area contributed by atoms with Gasteiger partial charge >= 0.3 is 0 Å². The summed E-state index contributed by atoms with van der Waals surface area (Å²) in [5, 5.41) is 2.95. The Morgan fingerprint density at radius 3 is 2.57 bits per heavy atom. The fraction of sp³-hybridized carbons (Fsp3) is 0.500. The lowest BCUT2D eigenvalue weighted by molar-refractivity contribution is -0.121. The first-order valence-corrected chi connectivity index (χ1v) is 7.93. The molecule has 1 amide bonds. The second-order valence-electron chi connectivity index (χ2n) is 5.44. The Morgan fingerprint density at radius 1 is 1.29 bits per heavy atom. The van der Waals surface area contributed by atoms with Crippen molar-refractivity contribution in [3.05, 3.63) is 35.9 Å². The molecule has 21 heavy (non-hydrogen) atoms. The second-order valence-corrected chi connectivity index (χ2v) is 5.91. The van der Waals surface area contributed by atoms with Crippen molar-refractivity contribution in [1.29, 1.82) is 0 Å². The highest BCUT2D eigenvalue weighted by atomic mass is 32.1. The molecule has 0 bridgehead atoms. The maximum atomic E-state index is 12.3. The number of carbonyl (C=O) groups excluding carboxylic acids is 1. The van der Waals surface area contributed by atoms with Crippen molar-refractivity contribution in [2.75, 3.05) is 26.2 Å². The van der Waals surface area contributed by atoms with E-state index in [2.05, 4.69) is 10.2 Å². The van der Waals surface area contributed by atoms with Crippen LogP contribution in [0.15, 0.2) is 30.3 Å². The van der Waals surface area contributed by atoms with Crippen molar-refractivity contribution >= 4 is 23.1 Å². The lowest BCUT2D eigenvalue weighted by atomic mass is 9.98. The molecule has 3 N–H and O–H groups in total. The Labute approximate surface area is 131 Å². The van der Waals surface area contributed by atoms with Crippen molar-refractivity contribution in [2.45, 2.75) is 25.2 Å². The van der Waals surface area contributed by atoms with Crippen LogP contribution in [-0.2, 0) is 4.79 Å². The van der Waals surface area contributed by atoms with Crippen LogP contribution in [-0.4, -0.2) is 42.0 Å². The van der Waals surface area contributed by atoms with Crippen molar-refractivity contribution in [1.82, 2.24) is 10.2 Å². The molecule has 1 unspecified atom stereocenters. The molecule has 5 heteroatoms. The third-order valence-electron chi connectivity index (χ3n) is 3.83. The van der Waals surface area contributed by atoms with Crippen LogP contribution in [0, 0.1) is 0 Å². The number of nitrogens with zero attached hydrogens (tertiary/aromatic N) is 1. The van der Waals surface area contributed by atoms with Gasteiger partial charge in [-0.25, -0.2) is 0 Å². The minimum atomic E-state index is -0.534. The molecule has 114 valence electrons. The zero-order chi connectivity index (χ0) is 15.1. The van der Waals surface area contributed by atoms with E-state index in [1.54, 1.807) is 0 Å². The minimum Gasteiger partial charge on any atom is -0.392 e. The maximum Gasteiger partial charge on any atom is 0.234 e. The number of carbonyl (C=O) groups is 1. The summed E-state index contributed by atoms with van der Waals surface area (Å²) in [5.74, 6) is -0.636. The standard InChI is InChI=1S/C16H23N3OS/c17-15(21)14(13-7-2-1-3-8-13)16(20)18-9-6-12-19-10-4-5-11-19/h1-3,7-8,14H,4-6,9-12H2,(H2,17,21)(H,18,20). The normalized spacial score (nSPS) is 16.6. The second kappa shape index (κ2) is 8.10. The molecule has 4 nitrogen and oxygen atoms in total. The van der Waals surface area contributed by atoms with Gasteiger partial charge in [-0.3, -0.25) is 4.79 Å². The zero-order valence-corrected chi connectivity index (χ0v) is 13.1. The Hall–Kier alpha value is -1.46. The van der Waals surface area contributed by atoms with E-state index in [1.165, 1.54) is 25.9 Å². The highest BCUT2D eigenvalue weighted by molar-refractivity contribution is 7.80. The van der Waals surface area contributed by atoms with Crippen LogP contribution in [0.1, 0.15) is 30.7 Å². The van der Waals surface area contributed by atoms with Crippen molar-refractivity contribution < 1.29 is 4.79 Å². The SMILES string of the molecule is NC(=S)C(C(=O)NCCCN1CCCC1)c1ccccc1. The average Bonchev–Trinajstić information content (AvgIpc) is 2.98. The van der Waals surface area contributed by atoms with Crippen molar-refractivity contribution in [3.63, 3.8) is 0 Å². The van der Waals surface area contributed by atoms with Gasteiger partial charge in [0, 0.05) is 6.54 Å². The van der Waals surface area contributed by atoms with Crippen LogP contribution in [0.4, 0.5) is 0 Å². The molecular formula is C16H23N3OS. The van der Waals surface area contributed by atoms with Crippen LogP contribution in [0.3, 0.4) is 0 Å². The zero-order valence-electron chi connectivity index (χ0n) is 12.3. The molecule has 0 radical (unpaired) electrons. The van der Waals surface area contributed by atoms with Gasteiger partial charge in [0.2, 0.25) is 5.91 Å². The molecule has 1 atom stereocenters. The van der Waals surface area contributed by atoms with E-state index < -0.39 is 5.92 Å². The summed E-state index contributed by atoms with van der Waals surface area (Å²) < 4.78 is 0. The van der Waals surface area contributed by atoms with Gasteiger partial charge in [-0.15, -0.1) is 0 Å². The summed E-state index contributed by atoms with van der Waals surface area (Å²) in [6.45, 7) is 4.09. The van der Waals surface area contributed by atoms with Crippen LogP contribution < -0.4 is 11.1 Å². The Kier molecular flexibility index (Phi) is 6.14. The number of rotatable bonds is 7. The topological polar surface area (TPSA) is 58.4 Å². The molecular weight excluding hydrogens is 282 g/mol. The smallest absolute Gasteiger partial charge is 0.234 e. The first kappa shape index (κ1) is 15.9. The van der Waals surface area contributed by atoms with Crippen LogP contribution in [0.2, 0.25) is 0 Å². The monoisotopic (exact) mass is 305 g/mol. The van der Waals surface area contributed by atoms with E-state index in [9.17, 15) is 4.79 Å². The molecule has 1 aliphatic rings. The Morgan fingerprint density at radius 2 is 1.95 bits per heavy atom. The van der Waals surface area contributed by atoms with Gasteiger partial charge in [-0.05, 0) is 44.5 Å². The average molecular weight is 305 g/mol. The van der Waals surface area contributed by atoms with E-state index >= 15 is 0 Å². The number of thiocarbonyl (C=S) groups is 1. The number of hydrogen-bond acceptors (Lipinski definition) is 3. The molecule has 0 aromatic heterocycles. The fourth-order valence-corrected chi connectivity index (χ4v) is 2.96. The van der Waals surface area contributed by atoms with Crippen LogP contribution >= 0.6 is 12.2 Å². The summed E-state index contributed by atoms with van der Waals surface area (Å²) in [6, 6.07) is 9.46. The molecule has 0 saturated carbocycles. The van der Waals surface area contributed by atoms with Gasteiger partial charge in [0.25, 0.3) is 0 Å². The summed E-state index contributed by atoms with van der Waals surface area (Å²) in [5.41, 5.74) is 6.58. The predicted molar refractivity (Wildman–Crippen MR) is 89.3 cm³/mol. The molecule has 1 aliphatic heterocycles. The first-order valence-electron chi connectivity index (χ1n) is 7.53. The summed E-state index contributed by atoms with van der Waals surface area (Å²) >= 11 is 5.05. The molecule has 1 saturated heterocycles. The minimum absolute atomic E-state index is 0.102. The van der Waals surface area contributed by atoms with E-state index in [0.29, 0.717) is 6.54 Å². The summed E-state index contributed by atoms with van der Waals surface area (Å²) in [6.07, 6.45) is 3.55. The van der Waals surface area contributed by atoms with Crippen LogP contribution in [0.5, 0.6) is 0 Å². The molecule has 1 aromatic rings. The van der Waals surface area contributed by atoms with Gasteiger partial charge in [0.05, 0.1) is 4.99 Å². The van der Waals surface area contributed by atoms with Crippen LogP contribution in [0.25, 0.3) is 0 Å². The Bertz CT molecular complexity index is 472. The number of amides is 1. The number of benzene rings is 1. The largest absolute Gasteiger partial charge is 0.392 e. The summed E-state index contributed by atoms with van der Waals surface area (Å²) in [4.78, 5) is 14.9. The summed E-state index contributed by atoms with van der Waals surface area (Å²) in [7, 11) is 0. The molecule has 1 fully saturated rings. The van der Waals surface area contributed by atoms with Crippen molar-refractivity contribution in [2.24, 2.45) is 5.73 Å². The predicted octanol–water partition coefficient (Wildman–Crippen LogP) is 1.66. The maximum absolute atomic E-state index is 12.3. The Balaban J connectivity index is 1.80. The lowest BCUT2D eigenvalue weighted by Gasteiger charge is -2.17. The van der Waals surface area contributed by atoms with Gasteiger partial charge in [0.1, 0.15) is 5.92 Å². The van der Waals surface area contributed by atoms with Gasteiger partial charge < -0.3 is 16.0 Å². The molecule has 2 rings (SSSR count). The highest BCUT2D eigenvalue weighted by Crippen LogP contribution is 2.16. The third-order valence-corrected chi connectivity index (χ3v) is 4.06.